The summed E-state index contributed by atoms with van der Waals surface area (Å²) >= 11 is 3.76. The molecule has 138 valence electrons. The SMILES string of the molecule is Cl.O=C(C1NNC(c2ccccc2)C1Br)N1CC[C@@H]2CNC[C@@H]2CC1. The van der Waals surface area contributed by atoms with Gasteiger partial charge in [0, 0.05) is 13.1 Å². The highest BCUT2D eigenvalue weighted by molar-refractivity contribution is 9.09. The van der Waals surface area contributed by atoms with Crippen LogP contribution in [0.5, 0.6) is 0 Å². The predicted octanol–water partition coefficient (Wildman–Crippen LogP) is 1.85. The van der Waals surface area contributed by atoms with Crippen LogP contribution in [0.25, 0.3) is 0 Å². The molecule has 3 heterocycles. The van der Waals surface area contributed by atoms with Crippen molar-refractivity contribution in [2.75, 3.05) is 26.2 Å². The van der Waals surface area contributed by atoms with Gasteiger partial charge < -0.3 is 10.2 Å². The van der Waals surface area contributed by atoms with E-state index in [4.69, 9.17) is 0 Å². The smallest absolute Gasteiger partial charge is 0.242 e. The van der Waals surface area contributed by atoms with Gasteiger partial charge in [-0.05, 0) is 43.3 Å². The predicted molar refractivity (Wildman–Crippen MR) is 105 cm³/mol. The summed E-state index contributed by atoms with van der Waals surface area (Å²) in [5.41, 5.74) is 7.71. The van der Waals surface area contributed by atoms with Crippen molar-refractivity contribution < 1.29 is 4.79 Å². The number of amides is 1. The lowest BCUT2D eigenvalue weighted by Gasteiger charge is -2.26. The Balaban J connectivity index is 0.00000182. The first-order valence-corrected chi connectivity index (χ1v) is 9.85. The second-order valence-electron chi connectivity index (χ2n) is 7.18. The van der Waals surface area contributed by atoms with E-state index >= 15 is 0 Å². The molecule has 3 aliphatic rings. The molecule has 3 N–H and O–H groups in total. The Bertz CT molecular complexity index is 576. The minimum Gasteiger partial charge on any atom is -0.341 e. The lowest BCUT2D eigenvalue weighted by molar-refractivity contribution is -0.133. The molecule has 4 rings (SSSR count). The molecule has 0 spiro atoms. The van der Waals surface area contributed by atoms with Crippen LogP contribution in [0, 0.1) is 11.8 Å². The minimum atomic E-state index is -0.216. The van der Waals surface area contributed by atoms with E-state index in [1.165, 1.54) is 5.56 Å². The fourth-order valence-corrected chi connectivity index (χ4v) is 5.09. The number of nitrogens with one attached hydrogen (secondary N) is 3. The Morgan fingerprint density at radius 1 is 1.04 bits per heavy atom. The number of hydrogen-bond acceptors (Lipinski definition) is 4. The van der Waals surface area contributed by atoms with Crippen LogP contribution in [0.2, 0.25) is 0 Å². The lowest BCUT2D eigenvalue weighted by Crippen LogP contribution is -2.48. The minimum absolute atomic E-state index is 0. The van der Waals surface area contributed by atoms with E-state index in [0.29, 0.717) is 0 Å². The van der Waals surface area contributed by atoms with E-state index in [1.807, 2.05) is 18.2 Å². The Morgan fingerprint density at radius 2 is 1.68 bits per heavy atom. The molecule has 0 aliphatic carbocycles. The molecule has 1 amide bonds. The second-order valence-corrected chi connectivity index (χ2v) is 8.24. The summed E-state index contributed by atoms with van der Waals surface area (Å²) < 4.78 is 0. The number of fused-ring (bicyclic) bond motifs is 1. The first-order valence-electron chi connectivity index (χ1n) is 8.93. The molecule has 3 unspecified atom stereocenters. The average Bonchev–Trinajstić information content (AvgIpc) is 3.16. The Morgan fingerprint density at radius 3 is 2.32 bits per heavy atom. The van der Waals surface area contributed by atoms with Crippen LogP contribution >= 0.6 is 28.3 Å². The Labute approximate surface area is 163 Å². The first kappa shape index (κ1) is 19.1. The number of carbonyl (C=O) groups excluding carboxylic acids is 1. The van der Waals surface area contributed by atoms with Crippen LogP contribution in [0.15, 0.2) is 30.3 Å². The fraction of sp³-hybridized carbons (Fsp3) is 0.611. The summed E-state index contributed by atoms with van der Waals surface area (Å²) in [5.74, 6) is 1.71. The maximum absolute atomic E-state index is 13.0. The van der Waals surface area contributed by atoms with Gasteiger partial charge in [0.05, 0.1) is 10.9 Å². The zero-order valence-corrected chi connectivity index (χ0v) is 16.6. The maximum Gasteiger partial charge on any atom is 0.242 e. The highest BCUT2D eigenvalue weighted by Gasteiger charge is 2.42. The molecule has 0 aromatic heterocycles. The van der Waals surface area contributed by atoms with Crippen LogP contribution in [-0.2, 0) is 4.79 Å². The maximum atomic E-state index is 13.0. The van der Waals surface area contributed by atoms with Gasteiger partial charge in [-0.1, -0.05) is 46.3 Å². The normalized spacial score (nSPS) is 34.9. The first-order chi connectivity index (χ1) is 11.7. The molecule has 7 heteroatoms. The third-order valence-corrected chi connectivity index (χ3v) is 6.84. The highest BCUT2D eigenvalue weighted by atomic mass is 79.9. The topological polar surface area (TPSA) is 56.4 Å². The van der Waals surface area contributed by atoms with E-state index in [9.17, 15) is 4.79 Å². The van der Waals surface area contributed by atoms with Crippen molar-refractivity contribution in [3.05, 3.63) is 35.9 Å². The largest absolute Gasteiger partial charge is 0.341 e. The molecule has 0 bridgehead atoms. The summed E-state index contributed by atoms with van der Waals surface area (Å²) in [4.78, 5) is 15.2. The summed E-state index contributed by atoms with van der Waals surface area (Å²) in [6.07, 6.45) is 2.25. The average molecular weight is 430 g/mol. The number of benzene rings is 1. The Hall–Kier alpha value is -0.660. The van der Waals surface area contributed by atoms with Gasteiger partial charge in [-0.15, -0.1) is 12.4 Å². The van der Waals surface area contributed by atoms with E-state index in [2.05, 4.69) is 49.1 Å². The molecule has 3 saturated heterocycles. The molecular weight excluding hydrogens is 404 g/mol. The molecule has 5 nitrogen and oxygen atoms in total. The molecule has 0 radical (unpaired) electrons. The number of nitrogens with zero attached hydrogens (tertiary/aromatic N) is 1. The van der Waals surface area contributed by atoms with Gasteiger partial charge in [0.25, 0.3) is 0 Å². The second kappa shape index (κ2) is 8.35. The quantitative estimate of drug-likeness (QED) is 0.628. The van der Waals surface area contributed by atoms with Gasteiger partial charge in [0.1, 0.15) is 6.04 Å². The van der Waals surface area contributed by atoms with Crippen LogP contribution in [0.1, 0.15) is 24.4 Å². The summed E-state index contributed by atoms with van der Waals surface area (Å²) in [7, 11) is 0. The third kappa shape index (κ3) is 3.88. The monoisotopic (exact) mass is 428 g/mol. The van der Waals surface area contributed by atoms with E-state index in [0.717, 1.165) is 50.9 Å². The van der Waals surface area contributed by atoms with Gasteiger partial charge in [0.15, 0.2) is 0 Å². The number of hydrazine groups is 1. The van der Waals surface area contributed by atoms with Crippen molar-refractivity contribution in [3.63, 3.8) is 0 Å². The van der Waals surface area contributed by atoms with Crippen LogP contribution in [0.4, 0.5) is 0 Å². The Kier molecular flexibility index (Phi) is 6.39. The number of alkyl halides is 1. The number of halogens is 2. The highest BCUT2D eigenvalue weighted by Crippen LogP contribution is 2.31. The molecule has 3 aliphatic heterocycles. The molecule has 1 aromatic carbocycles. The van der Waals surface area contributed by atoms with Crippen molar-refractivity contribution in [1.82, 2.24) is 21.1 Å². The summed E-state index contributed by atoms with van der Waals surface area (Å²) in [5, 5.41) is 3.49. The fourth-order valence-electron chi connectivity index (χ4n) is 4.29. The van der Waals surface area contributed by atoms with Crippen molar-refractivity contribution in [2.45, 2.75) is 29.8 Å². The molecule has 5 atom stereocenters. The van der Waals surface area contributed by atoms with Gasteiger partial charge in [-0.25, -0.2) is 10.9 Å². The van der Waals surface area contributed by atoms with E-state index in [1.54, 1.807) is 0 Å². The van der Waals surface area contributed by atoms with Crippen molar-refractivity contribution in [1.29, 1.82) is 0 Å². The molecule has 3 fully saturated rings. The van der Waals surface area contributed by atoms with Crippen LogP contribution in [0.3, 0.4) is 0 Å². The third-order valence-electron chi connectivity index (χ3n) is 5.79. The number of hydrogen-bond donors (Lipinski definition) is 3. The molecular formula is C18H26BrClN4O. The van der Waals surface area contributed by atoms with Gasteiger partial charge in [-0.3, -0.25) is 4.79 Å². The molecule has 1 aromatic rings. The zero-order chi connectivity index (χ0) is 16.5. The van der Waals surface area contributed by atoms with Crippen LogP contribution < -0.4 is 16.2 Å². The number of rotatable bonds is 2. The van der Waals surface area contributed by atoms with Crippen molar-refractivity contribution in [3.8, 4) is 0 Å². The summed E-state index contributed by atoms with van der Waals surface area (Å²) in [6, 6.07) is 10.2. The summed E-state index contributed by atoms with van der Waals surface area (Å²) in [6.45, 7) is 4.01. The standard InChI is InChI=1S/C18H25BrN4O.ClH/c19-15-16(12-4-2-1-3-5-12)21-22-17(15)18(24)23-8-6-13-10-20-11-14(13)7-9-23;/h1-5,13-17,20-22H,6-11H2;1H/t13-,14+,15?,16?,17?;. The number of carbonyl (C=O) groups is 1. The number of likely N-dealkylation sites (tertiary alicyclic amines) is 1. The van der Waals surface area contributed by atoms with Crippen molar-refractivity contribution >= 4 is 34.2 Å². The zero-order valence-electron chi connectivity index (χ0n) is 14.2. The van der Waals surface area contributed by atoms with E-state index < -0.39 is 0 Å². The van der Waals surface area contributed by atoms with Gasteiger partial charge in [0.2, 0.25) is 5.91 Å². The van der Waals surface area contributed by atoms with Gasteiger partial charge >= 0.3 is 0 Å². The van der Waals surface area contributed by atoms with E-state index in [-0.39, 0.29) is 35.2 Å². The van der Waals surface area contributed by atoms with Gasteiger partial charge in [-0.2, -0.15) is 0 Å². The van der Waals surface area contributed by atoms with Crippen molar-refractivity contribution in [2.24, 2.45) is 11.8 Å². The van der Waals surface area contributed by atoms with Crippen LogP contribution in [-0.4, -0.2) is 47.9 Å². The lowest BCUT2D eigenvalue weighted by atomic mass is 9.92. The molecule has 0 saturated carbocycles. The molecule has 25 heavy (non-hydrogen) atoms.